The summed E-state index contributed by atoms with van der Waals surface area (Å²) in [7, 11) is 1.86. The van der Waals surface area contributed by atoms with Crippen LogP contribution in [-0.2, 0) is 14.3 Å². The summed E-state index contributed by atoms with van der Waals surface area (Å²) in [5.41, 5.74) is 3.91. The summed E-state index contributed by atoms with van der Waals surface area (Å²) in [5.74, 6) is 1.06. The molecule has 2 amide bonds. The first-order valence-corrected chi connectivity index (χ1v) is 13.9. The summed E-state index contributed by atoms with van der Waals surface area (Å²) in [5, 5.41) is 4.13. The van der Waals surface area contributed by atoms with Gasteiger partial charge in [0.15, 0.2) is 0 Å². The Kier molecular flexibility index (Phi) is 6.85. The van der Waals surface area contributed by atoms with Crippen molar-refractivity contribution in [1.82, 2.24) is 19.9 Å². The van der Waals surface area contributed by atoms with Gasteiger partial charge in [-0.05, 0) is 73.8 Å². The number of aromatic amines is 1. The maximum absolute atomic E-state index is 13.0. The van der Waals surface area contributed by atoms with Crippen LogP contribution in [0, 0.1) is 11.3 Å². The number of likely N-dealkylation sites (N-methyl/N-ethyl adjacent to an activating group) is 1. The van der Waals surface area contributed by atoms with Gasteiger partial charge in [-0.3, -0.25) is 9.59 Å². The van der Waals surface area contributed by atoms with E-state index in [1.54, 1.807) is 6.33 Å². The van der Waals surface area contributed by atoms with Crippen molar-refractivity contribution in [2.45, 2.75) is 44.6 Å². The highest BCUT2D eigenvalue weighted by Crippen LogP contribution is 2.54. The number of amides is 2. The molecule has 3 heterocycles. The quantitative estimate of drug-likeness (QED) is 0.460. The number of morpholine rings is 1. The van der Waals surface area contributed by atoms with Crippen LogP contribution in [0.15, 0.2) is 49.3 Å². The minimum Gasteiger partial charge on any atom is -0.378 e. The number of hydrogen-bond acceptors (Lipinski definition) is 6. The van der Waals surface area contributed by atoms with Crippen LogP contribution in [0.2, 0.25) is 0 Å². The van der Waals surface area contributed by atoms with E-state index >= 15 is 0 Å². The number of H-pyrrole nitrogens is 1. The standard InChI is InChI=1S/C30H36N6O3/c1-3-26(37)35(2)23-17-30(18-23)10-8-21(9-11-30)29(38)33-22-6-4-20(5-7-22)25-16-24-27(34-25)31-19-32-28(24)36-12-14-39-15-13-36/h3-7,16,19,21,23H,1,8-15,17-18H2,2H3,(H,33,38)(H,31,32,34). The second kappa shape index (κ2) is 10.4. The topological polar surface area (TPSA) is 103 Å². The van der Waals surface area contributed by atoms with Crippen molar-refractivity contribution in [3.05, 3.63) is 49.3 Å². The molecule has 1 spiro atoms. The van der Waals surface area contributed by atoms with Crippen molar-refractivity contribution >= 4 is 34.4 Å². The molecule has 0 bridgehead atoms. The van der Waals surface area contributed by atoms with Crippen LogP contribution < -0.4 is 10.2 Å². The third-order valence-corrected chi connectivity index (χ3v) is 9.00. The Hall–Kier alpha value is -3.72. The van der Waals surface area contributed by atoms with Gasteiger partial charge in [0, 0.05) is 43.5 Å². The molecule has 3 aliphatic rings. The molecular formula is C30H36N6O3. The molecule has 3 aromatic rings. The molecule has 9 nitrogen and oxygen atoms in total. The number of nitrogens with zero attached hydrogens (tertiary/aromatic N) is 4. The van der Waals surface area contributed by atoms with E-state index in [0.29, 0.717) is 24.7 Å². The number of hydrogen-bond donors (Lipinski definition) is 2. The fraction of sp³-hybridized carbons (Fsp3) is 0.467. The molecule has 1 aromatic carbocycles. The van der Waals surface area contributed by atoms with Gasteiger partial charge in [0.1, 0.15) is 17.8 Å². The van der Waals surface area contributed by atoms with Crippen LogP contribution in [0.1, 0.15) is 38.5 Å². The third kappa shape index (κ3) is 5.03. The average Bonchev–Trinajstić information content (AvgIpc) is 3.40. The summed E-state index contributed by atoms with van der Waals surface area (Å²) >= 11 is 0. The zero-order chi connectivity index (χ0) is 27.0. The fourth-order valence-corrected chi connectivity index (χ4v) is 6.53. The van der Waals surface area contributed by atoms with Crippen molar-refractivity contribution < 1.29 is 14.3 Å². The summed E-state index contributed by atoms with van der Waals surface area (Å²) < 4.78 is 5.49. The van der Waals surface area contributed by atoms with Gasteiger partial charge in [-0.2, -0.15) is 0 Å². The third-order valence-electron chi connectivity index (χ3n) is 9.00. The van der Waals surface area contributed by atoms with E-state index in [1.165, 1.54) is 6.08 Å². The minimum atomic E-state index is -0.00936. The van der Waals surface area contributed by atoms with Crippen molar-refractivity contribution in [1.29, 1.82) is 0 Å². The zero-order valence-electron chi connectivity index (χ0n) is 22.5. The minimum absolute atomic E-state index is 0.00936. The summed E-state index contributed by atoms with van der Waals surface area (Å²) in [6.45, 7) is 6.63. The van der Waals surface area contributed by atoms with E-state index in [0.717, 1.165) is 85.4 Å². The molecule has 0 radical (unpaired) electrons. The first kappa shape index (κ1) is 25.6. The molecule has 9 heteroatoms. The van der Waals surface area contributed by atoms with Gasteiger partial charge < -0.3 is 24.8 Å². The van der Waals surface area contributed by atoms with Gasteiger partial charge in [-0.25, -0.2) is 9.97 Å². The Labute approximate surface area is 228 Å². The lowest BCUT2D eigenvalue weighted by Gasteiger charge is -2.53. The van der Waals surface area contributed by atoms with Gasteiger partial charge in [-0.1, -0.05) is 18.7 Å². The lowest BCUT2D eigenvalue weighted by Crippen LogP contribution is -2.52. The largest absolute Gasteiger partial charge is 0.378 e. The SMILES string of the molecule is C=CC(=O)N(C)C1CC2(CCC(C(=O)Nc3ccc(-c4cc5c(N6CCOCC6)ncnc5[nH]4)cc3)CC2)C1. The number of benzene rings is 1. The van der Waals surface area contributed by atoms with Gasteiger partial charge >= 0.3 is 0 Å². The summed E-state index contributed by atoms with van der Waals surface area (Å²) in [4.78, 5) is 41.4. The molecule has 2 N–H and O–H groups in total. The van der Waals surface area contributed by atoms with Gasteiger partial charge in [0.25, 0.3) is 0 Å². The van der Waals surface area contributed by atoms with Crippen LogP contribution >= 0.6 is 0 Å². The van der Waals surface area contributed by atoms with Crippen molar-refractivity contribution in [3.8, 4) is 11.3 Å². The monoisotopic (exact) mass is 528 g/mol. The van der Waals surface area contributed by atoms with Crippen LogP contribution in [0.5, 0.6) is 0 Å². The van der Waals surface area contributed by atoms with Gasteiger partial charge in [-0.15, -0.1) is 0 Å². The van der Waals surface area contributed by atoms with E-state index in [9.17, 15) is 9.59 Å². The molecule has 0 atom stereocenters. The Bertz CT molecular complexity index is 1360. The molecule has 2 aromatic heterocycles. The molecule has 3 fully saturated rings. The van der Waals surface area contributed by atoms with E-state index in [-0.39, 0.29) is 17.7 Å². The predicted molar refractivity (Wildman–Crippen MR) is 151 cm³/mol. The Balaban J connectivity index is 1.05. The number of fused-ring (bicyclic) bond motifs is 1. The van der Waals surface area contributed by atoms with Crippen molar-refractivity contribution in [2.24, 2.45) is 11.3 Å². The Morgan fingerprint density at radius 2 is 1.87 bits per heavy atom. The normalized spacial score (nSPS) is 24.8. The number of nitrogens with one attached hydrogen (secondary N) is 2. The van der Waals surface area contributed by atoms with E-state index in [4.69, 9.17) is 4.74 Å². The Morgan fingerprint density at radius 1 is 1.15 bits per heavy atom. The number of anilines is 2. The molecule has 2 saturated carbocycles. The number of aromatic nitrogens is 3. The average molecular weight is 529 g/mol. The first-order chi connectivity index (χ1) is 18.9. The second-order valence-electron chi connectivity index (χ2n) is 11.3. The highest BCUT2D eigenvalue weighted by Gasteiger charge is 2.48. The lowest BCUT2D eigenvalue weighted by atomic mass is 9.56. The van der Waals surface area contributed by atoms with E-state index in [1.807, 2.05) is 36.2 Å². The maximum Gasteiger partial charge on any atom is 0.245 e. The molecule has 2 aliphatic carbocycles. The molecule has 0 unspecified atom stereocenters. The highest BCUT2D eigenvalue weighted by molar-refractivity contribution is 5.94. The zero-order valence-corrected chi connectivity index (χ0v) is 22.5. The highest BCUT2D eigenvalue weighted by atomic mass is 16.5. The Morgan fingerprint density at radius 3 is 2.56 bits per heavy atom. The molecule has 39 heavy (non-hydrogen) atoms. The second-order valence-corrected chi connectivity index (χ2v) is 11.3. The summed E-state index contributed by atoms with van der Waals surface area (Å²) in [6.07, 6.45) is 8.95. The molecule has 6 rings (SSSR count). The predicted octanol–water partition coefficient (Wildman–Crippen LogP) is 4.38. The van der Waals surface area contributed by atoms with Crippen molar-refractivity contribution in [2.75, 3.05) is 43.6 Å². The van der Waals surface area contributed by atoms with Gasteiger partial charge in [0.05, 0.1) is 18.6 Å². The fourth-order valence-electron chi connectivity index (χ4n) is 6.53. The van der Waals surface area contributed by atoms with Gasteiger partial charge in [0.2, 0.25) is 11.8 Å². The van der Waals surface area contributed by atoms with Crippen LogP contribution in [-0.4, -0.2) is 71.1 Å². The smallest absolute Gasteiger partial charge is 0.245 e. The number of carbonyl (C=O) groups is 2. The number of ether oxygens (including phenoxy) is 1. The first-order valence-electron chi connectivity index (χ1n) is 13.9. The number of carbonyl (C=O) groups excluding carboxylic acids is 2. The summed E-state index contributed by atoms with van der Waals surface area (Å²) in [6, 6.07) is 10.4. The van der Waals surface area contributed by atoms with Crippen LogP contribution in [0.3, 0.4) is 0 Å². The molecule has 1 aliphatic heterocycles. The van der Waals surface area contributed by atoms with Crippen LogP contribution in [0.25, 0.3) is 22.3 Å². The van der Waals surface area contributed by atoms with Crippen LogP contribution in [0.4, 0.5) is 11.5 Å². The molecule has 204 valence electrons. The molecule has 1 saturated heterocycles. The number of rotatable bonds is 6. The van der Waals surface area contributed by atoms with Crippen molar-refractivity contribution in [3.63, 3.8) is 0 Å². The lowest BCUT2D eigenvalue weighted by molar-refractivity contribution is -0.133. The van der Waals surface area contributed by atoms with E-state index < -0.39 is 0 Å². The molecular weight excluding hydrogens is 492 g/mol. The maximum atomic E-state index is 13.0. The van der Waals surface area contributed by atoms with E-state index in [2.05, 4.69) is 37.8 Å².